The van der Waals surface area contributed by atoms with Crippen LogP contribution in [0.1, 0.15) is 23.0 Å². The van der Waals surface area contributed by atoms with Crippen LogP contribution in [0.15, 0.2) is 47.8 Å². The van der Waals surface area contributed by atoms with Gasteiger partial charge in [0, 0.05) is 47.8 Å². The van der Waals surface area contributed by atoms with E-state index in [1.807, 2.05) is 50.2 Å². The molecule has 2 heterocycles. The number of hydrogen-bond acceptors (Lipinski definition) is 5. The highest BCUT2D eigenvalue weighted by molar-refractivity contribution is 7.13. The molecule has 9 heteroatoms. The molecular formula is C24H25ClN4O3S. The van der Waals surface area contributed by atoms with Crippen LogP contribution in [0.5, 0.6) is 5.75 Å². The second-order valence-electron chi connectivity index (χ2n) is 7.67. The van der Waals surface area contributed by atoms with Crippen molar-refractivity contribution in [2.45, 2.75) is 13.8 Å². The minimum Gasteiger partial charge on any atom is -0.494 e. The van der Waals surface area contributed by atoms with E-state index in [9.17, 15) is 9.59 Å². The van der Waals surface area contributed by atoms with E-state index in [4.69, 9.17) is 16.3 Å². The molecule has 0 aliphatic carbocycles. The number of rotatable bonds is 5. The van der Waals surface area contributed by atoms with Crippen LogP contribution in [0.3, 0.4) is 0 Å². The zero-order chi connectivity index (χ0) is 23.4. The van der Waals surface area contributed by atoms with Crippen LogP contribution in [-0.4, -0.2) is 59.5 Å². The summed E-state index contributed by atoms with van der Waals surface area (Å²) in [6.45, 7) is 6.28. The van der Waals surface area contributed by atoms with E-state index in [1.54, 1.807) is 21.2 Å². The zero-order valence-electron chi connectivity index (χ0n) is 18.5. The molecular weight excluding hydrogens is 460 g/mol. The molecule has 3 aromatic rings. The summed E-state index contributed by atoms with van der Waals surface area (Å²) < 4.78 is 5.47. The summed E-state index contributed by atoms with van der Waals surface area (Å²) in [5.74, 6) is 0.690. The first-order valence-electron chi connectivity index (χ1n) is 10.7. The van der Waals surface area contributed by atoms with Gasteiger partial charge in [-0.2, -0.15) is 0 Å². The number of urea groups is 1. The van der Waals surface area contributed by atoms with Gasteiger partial charge >= 0.3 is 6.03 Å². The predicted octanol–water partition coefficient (Wildman–Crippen LogP) is 5.16. The predicted molar refractivity (Wildman–Crippen MR) is 131 cm³/mol. The fourth-order valence-corrected chi connectivity index (χ4v) is 4.49. The van der Waals surface area contributed by atoms with Crippen LogP contribution in [0, 0.1) is 6.92 Å². The van der Waals surface area contributed by atoms with E-state index in [1.165, 1.54) is 11.3 Å². The van der Waals surface area contributed by atoms with Gasteiger partial charge in [-0.25, -0.2) is 9.78 Å². The number of carbonyl (C=O) groups is 2. The number of halogens is 1. The van der Waals surface area contributed by atoms with Gasteiger partial charge < -0.3 is 19.9 Å². The van der Waals surface area contributed by atoms with Gasteiger partial charge in [-0.15, -0.1) is 11.3 Å². The lowest BCUT2D eigenvalue weighted by Crippen LogP contribution is -2.51. The largest absolute Gasteiger partial charge is 0.494 e. The van der Waals surface area contributed by atoms with Gasteiger partial charge in [0.2, 0.25) is 0 Å². The zero-order valence-corrected chi connectivity index (χ0v) is 20.1. The third-order valence-corrected chi connectivity index (χ3v) is 6.71. The standard InChI is InChI=1S/C24H25ClN4O3S/c1-3-32-19-8-5-17(6-9-19)22-27-21(15-33-22)23(30)28-10-12-29(13-11-28)24(31)26-18-7-4-16(2)20(25)14-18/h4-9,14-15H,3,10-13H2,1-2H3,(H,26,31). The summed E-state index contributed by atoms with van der Waals surface area (Å²) in [5, 5.41) is 6.05. The average molecular weight is 485 g/mol. The number of amides is 3. The number of ether oxygens (including phenoxy) is 1. The Morgan fingerprint density at radius 3 is 2.45 bits per heavy atom. The Hall–Kier alpha value is -3.10. The fraction of sp³-hybridized carbons (Fsp3) is 0.292. The molecule has 0 bridgehead atoms. The Kier molecular flexibility index (Phi) is 7.15. The van der Waals surface area contributed by atoms with Crippen LogP contribution in [0.2, 0.25) is 5.02 Å². The van der Waals surface area contributed by atoms with Crippen molar-refractivity contribution in [3.63, 3.8) is 0 Å². The van der Waals surface area contributed by atoms with Crippen molar-refractivity contribution in [2.75, 3.05) is 38.1 Å². The highest BCUT2D eigenvalue weighted by Crippen LogP contribution is 2.26. The molecule has 1 fully saturated rings. The number of anilines is 1. The van der Waals surface area contributed by atoms with Crippen molar-refractivity contribution in [2.24, 2.45) is 0 Å². The molecule has 172 valence electrons. The Labute approximate surface area is 201 Å². The summed E-state index contributed by atoms with van der Waals surface area (Å²) in [6.07, 6.45) is 0. The minimum absolute atomic E-state index is 0.117. The molecule has 0 radical (unpaired) electrons. The van der Waals surface area contributed by atoms with Gasteiger partial charge in [0.1, 0.15) is 16.5 Å². The number of hydrogen-bond donors (Lipinski definition) is 1. The first-order valence-corrected chi connectivity index (χ1v) is 12.0. The van der Waals surface area contributed by atoms with Crippen LogP contribution in [-0.2, 0) is 0 Å². The van der Waals surface area contributed by atoms with E-state index in [2.05, 4.69) is 10.3 Å². The first-order chi connectivity index (χ1) is 15.9. The third-order valence-electron chi connectivity index (χ3n) is 5.41. The second-order valence-corrected chi connectivity index (χ2v) is 8.93. The third kappa shape index (κ3) is 5.46. The molecule has 0 atom stereocenters. The lowest BCUT2D eigenvalue weighted by molar-refractivity contribution is 0.0667. The highest BCUT2D eigenvalue weighted by Gasteiger charge is 2.26. The fourth-order valence-electron chi connectivity index (χ4n) is 3.51. The number of piperazine rings is 1. The van der Waals surface area contributed by atoms with E-state index in [0.29, 0.717) is 49.2 Å². The molecule has 1 aromatic heterocycles. The quantitative estimate of drug-likeness (QED) is 0.542. The molecule has 7 nitrogen and oxygen atoms in total. The monoisotopic (exact) mass is 484 g/mol. The van der Waals surface area contributed by atoms with Crippen molar-refractivity contribution >= 4 is 40.6 Å². The summed E-state index contributed by atoms with van der Waals surface area (Å²) in [5.41, 5.74) is 2.98. The SMILES string of the molecule is CCOc1ccc(-c2nc(C(=O)N3CCN(C(=O)Nc4ccc(C)c(Cl)c4)CC3)cs2)cc1. The van der Waals surface area contributed by atoms with Gasteiger partial charge in [0.25, 0.3) is 5.91 Å². The lowest BCUT2D eigenvalue weighted by atomic mass is 10.2. The van der Waals surface area contributed by atoms with Crippen LogP contribution in [0.25, 0.3) is 10.6 Å². The van der Waals surface area contributed by atoms with Gasteiger partial charge in [-0.05, 0) is 55.8 Å². The van der Waals surface area contributed by atoms with Gasteiger partial charge in [-0.1, -0.05) is 17.7 Å². The number of thiazole rings is 1. The molecule has 1 saturated heterocycles. The topological polar surface area (TPSA) is 74.8 Å². The van der Waals surface area contributed by atoms with Crippen molar-refractivity contribution < 1.29 is 14.3 Å². The molecule has 1 aliphatic rings. The molecule has 33 heavy (non-hydrogen) atoms. The summed E-state index contributed by atoms with van der Waals surface area (Å²) in [7, 11) is 0. The average Bonchev–Trinajstić information content (AvgIpc) is 3.32. The molecule has 1 aliphatic heterocycles. The minimum atomic E-state index is -0.200. The first kappa shape index (κ1) is 23.1. The van der Waals surface area contributed by atoms with Gasteiger partial charge in [0.15, 0.2) is 0 Å². The Morgan fingerprint density at radius 2 is 1.79 bits per heavy atom. The molecule has 2 aromatic carbocycles. The maximum atomic E-state index is 12.9. The van der Waals surface area contributed by atoms with Crippen LogP contribution in [0.4, 0.5) is 10.5 Å². The van der Waals surface area contributed by atoms with Crippen LogP contribution >= 0.6 is 22.9 Å². The maximum absolute atomic E-state index is 12.9. The molecule has 1 N–H and O–H groups in total. The molecule has 4 rings (SSSR count). The smallest absolute Gasteiger partial charge is 0.321 e. The number of aryl methyl sites for hydroxylation is 1. The number of nitrogens with zero attached hydrogens (tertiary/aromatic N) is 3. The highest BCUT2D eigenvalue weighted by atomic mass is 35.5. The number of carbonyl (C=O) groups excluding carboxylic acids is 2. The van der Waals surface area contributed by atoms with Crippen molar-refractivity contribution in [3.05, 3.63) is 64.1 Å². The lowest BCUT2D eigenvalue weighted by Gasteiger charge is -2.34. The number of nitrogens with one attached hydrogen (secondary N) is 1. The Balaban J connectivity index is 1.33. The summed E-state index contributed by atoms with van der Waals surface area (Å²) in [4.78, 5) is 33.5. The normalized spacial score (nSPS) is 13.7. The molecule has 0 unspecified atom stereocenters. The van der Waals surface area contributed by atoms with Crippen LogP contribution < -0.4 is 10.1 Å². The summed E-state index contributed by atoms with van der Waals surface area (Å²) >= 11 is 7.57. The summed E-state index contributed by atoms with van der Waals surface area (Å²) in [6, 6.07) is 12.9. The second kappa shape index (κ2) is 10.2. The Bertz CT molecular complexity index is 1140. The van der Waals surface area contributed by atoms with E-state index in [0.717, 1.165) is 21.9 Å². The number of benzene rings is 2. The number of aromatic nitrogens is 1. The van der Waals surface area contributed by atoms with E-state index >= 15 is 0 Å². The molecule has 3 amide bonds. The maximum Gasteiger partial charge on any atom is 0.321 e. The van der Waals surface area contributed by atoms with Crippen molar-refractivity contribution in [1.82, 2.24) is 14.8 Å². The molecule has 0 saturated carbocycles. The van der Waals surface area contributed by atoms with E-state index < -0.39 is 0 Å². The van der Waals surface area contributed by atoms with Crippen molar-refractivity contribution in [1.29, 1.82) is 0 Å². The van der Waals surface area contributed by atoms with Gasteiger partial charge in [0.05, 0.1) is 6.61 Å². The van der Waals surface area contributed by atoms with Gasteiger partial charge in [-0.3, -0.25) is 4.79 Å². The van der Waals surface area contributed by atoms with E-state index in [-0.39, 0.29) is 11.9 Å². The Morgan fingerprint density at radius 1 is 1.09 bits per heavy atom. The molecule has 0 spiro atoms. The van der Waals surface area contributed by atoms with Crippen molar-refractivity contribution in [3.8, 4) is 16.3 Å².